The molecule has 100 valence electrons. The molecule has 0 aromatic heterocycles. The topological polar surface area (TPSA) is 109 Å². The van der Waals surface area contributed by atoms with Crippen LogP contribution >= 0.6 is 0 Å². The van der Waals surface area contributed by atoms with Crippen LogP contribution in [0.3, 0.4) is 0 Å². The Kier molecular flexibility index (Phi) is 4.55. The van der Waals surface area contributed by atoms with Gasteiger partial charge in [-0.1, -0.05) is 6.07 Å². The second kappa shape index (κ2) is 5.72. The molecule has 0 heterocycles. The van der Waals surface area contributed by atoms with Crippen LogP contribution in [0, 0.1) is 6.92 Å². The van der Waals surface area contributed by atoms with Crippen LogP contribution in [0.5, 0.6) is 0 Å². The molecular weight excluding hydrogens is 256 g/mol. The number of rotatable bonds is 6. The molecule has 0 saturated carbocycles. The Hall–Kier alpha value is -1.76. The van der Waals surface area contributed by atoms with E-state index in [4.69, 9.17) is 10.8 Å². The highest BCUT2D eigenvalue weighted by molar-refractivity contribution is 7.92. The van der Waals surface area contributed by atoms with Gasteiger partial charge in [0.1, 0.15) is 0 Å². The van der Waals surface area contributed by atoms with Gasteiger partial charge in [0.05, 0.1) is 11.4 Å². The van der Waals surface area contributed by atoms with Crippen LogP contribution in [0.1, 0.15) is 18.4 Å². The minimum absolute atomic E-state index is 0.0754. The Morgan fingerprint density at radius 3 is 2.72 bits per heavy atom. The number of aryl methyl sites for hydroxylation is 1. The summed E-state index contributed by atoms with van der Waals surface area (Å²) >= 11 is 0. The number of nitrogens with one attached hydrogen (secondary N) is 1. The monoisotopic (exact) mass is 272 g/mol. The van der Waals surface area contributed by atoms with Crippen LogP contribution in [0.15, 0.2) is 18.2 Å². The summed E-state index contributed by atoms with van der Waals surface area (Å²) in [7, 11) is -3.54. The van der Waals surface area contributed by atoms with Crippen molar-refractivity contribution in [3.63, 3.8) is 0 Å². The van der Waals surface area contributed by atoms with Gasteiger partial charge in [0.2, 0.25) is 10.0 Å². The molecule has 1 aromatic rings. The maximum Gasteiger partial charge on any atom is 0.303 e. The summed E-state index contributed by atoms with van der Waals surface area (Å²) in [4.78, 5) is 10.3. The first-order chi connectivity index (χ1) is 8.30. The highest BCUT2D eigenvalue weighted by Crippen LogP contribution is 2.19. The number of hydrogen-bond acceptors (Lipinski definition) is 4. The van der Waals surface area contributed by atoms with Crippen molar-refractivity contribution in [1.29, 1.82) is 0 Å². The molecule has 0 saturated heterocycles. The second-order valence-corrected chi connectivity index (χ2v) is 5.83. The highest BCUT2D eigenvalue weighted by atomic mass is 32.2. The van der Waals surface area contributed by atoms with Gasteiger partial charge in [-0.3, -0.25) is 9.52 Å². The number of nitrogens with two attached hydrogens (primary N) is 1. The number of carboxylic acids is 1. The summed E-state index contributed by atoms with van der Waals surface area (Å²) in [6.07, 6.45) is -0.0944. The third-order valence-electron chi connectivity index (χ3n) is 2.33. The minimum atomic E-state index is -3.54. The zero-order chi connectivity index (χ0) is 13.8. The van der Waals surface area contributed by atoms with Crippen molar-refractivity contribution in [2.24, 2.45) is 0 Å². The van der Waals surface area contributed by atoms with Gasteiger partial charge in [-0.15, -0.1) is 0 Å². The largest absolute Gasteiger partial charge is 0.481 e. The number of benzene rings is 1. The van der Waals surface area contributed by atoms with Crippen LogP contribution in [-0.2, 0) is 14.8 Å². The van der Waals surface area contributed by atoms with Gasteiger partial charge in [0, 0.05) is 12.1 Å². The van der Waals surface area contributed by atoms with E-state index in [1.807, 2.05) is 0 Å². The van der Waals surface area contributed by atoms with Crippen molar-refractivity contribution in [3.05, 3.63) is 23.8 Å². The van der Waals surface area contributed by atoms with E-state index in [0.717, 1.165) is 5.56 Å². The number of hydrogen-bond donors (Lipinski definition) is 3. The molecule has 0 amide bonds. The fourth-order valence-electron chi connectivity index (χ4n) is 1.38. The van der Waals surface area contributed by atoms with Crippen molar-refractivity contribution in [3.8, 4) is 0 Å². The van der Waals surface area contributed by atoms with Gasteiger partial charge < -0.3 is 10.8 Å². The molecule has 7 heteroatoms. The summed E-state index contributed by atoms with van der Waals surface area (Å²) in [5, 5.41) is 8.45. The van der Waals surface area contributed by atoms with Crippen molar-refractivity contribution >= 4 is 27.4 Å². The van der Waals surface area contributed by atoms with Crippen LogP contribution < -0.4 is 10.5 Å². The van der Waals surface area contributed by atoms with Crippen molar-refractivity contribution in [1.82, 2.24) is 0 Å². The number of nitrogen functional groups attached to an aromatic ring is 1. The third kappa shape index (κ3) is 4.62. The van der Waals surface area contributed by atoms with Crippen LogP contribution in [0.2, 0.25) is 0 Å². The second-order valence-electron chi connectivity index (χ2n) is 3.99. The Labute approximate surface area is 106 Å². The van der Waals surface area contributed by atoms with Gasteiger partial charge in [0.15, 0.2) is 0 Å². The summed E-state index contributed by atoms with van der Waals surface area (Å²) in [5.41, 5.74) is 7.21. The summed E-state index contributed by atoms with van der Waals surface area (Å²) < 4.78 is 25.8. The van der Waals surface area contributed by atoms with E-state index < -0.39 is 16.0 Å². The van der Waals surface area contributed by atoms with Gasteiger partial charge in [0.25, 0.3) is 0 Å². The van der Waals surface area contributed by atoms with Crippen molar-refractivity contribution < 1.29 is 18.3 Å². The molecule has 1 aromatic carbocycles. The Bertz CT molecular complexity index is 540. The molecule has 6 nitrogen and oxygen atoms in total. The standard InChI is InChI=1S/C11H16N2O4S/c1-8-4-5-9(12)7-10(8)13-18(16,17)6-2-3-11(14)15/h4-5,7,13H,2-3,6,12H2,1H3,(H,14,15). The van der Waals surface area contributed by atoms with E-state index in [9.17, 15) is 13.2 Å². The fourth-order valence-corrected chi connectivity index (χ4v) is 2.56. The average Bonchev–Trinajstić information content (AvgIpc) is 2.22. The minimum Gasteiger partial charge on any atom is -0.481 e. The quantitative estimate of drug-likeness (QED) is 0.674. The molecule has 0 aliphatic rings. The summed E-state index contributed by atoms with van der Waals surface area (Å²) in [6, 6.07) is 4.92. The maximum absolute atomic E-state index is 11.7. The van der Waals surface area contributed by atoms with Crippen molar-refractivity contribution in [2.75, 3.05) is 16.2 Å². The average molecular weight is 272 g/mol. The lowest BCUT2D eigenvalue weighted by Crippen LogP contribution is -2.18. The van der Waals surface area contributed by atoms with E-state index in [0.29, 0.717) is 11.4 Å². The van der Waals surface area contributed by atoms with Crippen LogP contribution in [0.25, 0.3) is 0 Å². The number of sulfonamides is 1. The first-order valence-corrected chi connectivity index (χ1v) is 7.04. The van der Waals surface area contributed by atoms with E-state index in [1.165, 1.54) is 6.07 Å². The number of anilines is 2. The van der Waals surface area contributed by atoms with Gasteiger partial charge in [-0.2, -0.15) is 0 Å². The lowest BCUT2D eigenvalue weighted by molar-refractivity contribution is -0.137. The summed E-state index contributed by atoms with van der Waals surface area (Å²) in [5.74, 6) is -1.24. The predicted molar refractivity (Wildman–Crippen MR) is 69.9 cm³/mol. The number of aliphatic carboxylic acids is 1. The predicted octanol–water partition coefficient (Wildman–Crippen LogP) is 1.18. The van der Waals surface area contributed by atoms with E-state index >= 15 is 0 Å². The highest BCUT2D eigenvalue weighted by Gasteiger charge is 2.12. The smallest absolute Gasteiger partial charge is 0.303 e. The molecule has 0 fully saturated rings. The zero-order valence-corrected chi connectivity index (χ0v) is 10.8. The molecule has 0 aliphatic carbocycles. The Balaban J connectivity index is 2.70. The van der Waals surface area contributed by atoms with E-state index in [2.05, 4.69) is 4.72 Å². The zero-order valence-electron chi connectivity index (χ0n) is 10.0. The molecule has 0 unspecified atom stereocenters. The van der Waals surface area contributed by atoms with Crippen LogP contribution in [0.4, 0.5) is 11.4 Å². The molecule has 4 N–H and O–H groups in total. The molecule has 0 atom stereocenters. The van der Waals surface area contributed by atoms with Gasteiger partial charge in [-0.25, -0.2) is 8.42 Å². The Morgan fingerprint density at radius 1 is 1.44 bits per heavy atom. The lowest BCUT2D eigenvalue weighted by Gasteiger charge is -2.10. The van der Waals surface area contributed by atoms with E-state index in [1.54, 1.807) is 19.1 Å². The first-order valence-electron chi connectivity index (χ1n) is 5.38. The molecular formula is C11H16N2O4S. The Morgan fingerprint density at radius 2 is 2.11 bits per heavy atom. The molecule has 1 rings (SSSR count). The van der Waals surface area contributed by atoms with Gasteiger partial charge >= 0.3 is 5.97 Å². The molecule has 0 bridgehead atoms. The van der Waals surface area contributed by atoms with Gasteiger partial charge in [-0.05, 0) is 31.0 Å². The lowest BCUT2D eigenvalue weighted by atomic mass is 10.2. The molecule has 0 aliphatic heterocycles. The normalized spacial score (nSPS) is 11.2. The van der Waals surface area contributed by atoms with Crippen molar-refractivity contribution in [2.45, 2.75) is 19.8 Å². The summed E-state index contributed by atoms with van der Waals surface area (Å²) in [6.45, 7) is 1.76. The number of carboxylic acid groups (broad SMARTS) is 1. The molecule has 0 spiro atoms. The molecule has 18 heavy (non-hydrogen) atoms. The first kappa shape index (κ1) is 14.3. The fraction of sp³-hybridized carbons (Fsp3) is 0.364. The maximum atomic E-state index is 11.7. The SMILES string of the molecule is Cc1ccc(N)cc1NS(=O)(=O)CCCC(=O)O. The number of carbonyl (C=O) groups is 1. The van der Waals surface area contributed by atoms with E-state index in [-0.39, 0.29) is 18.6 Å². The third-order valence-corrected chi connectivity index (χ3v) is 3.69. The van der Waals surface area contributed by atoms with Crippen LogP contribution in [-0.4, -0.2) is 25.2 Å². The molecule has 0 radical (unpaired) electrons.